The van der Waals surface area contributed by atoms with Crippen LogP contribution in [0.25, 0.3) is 0 Å². The van der Waals surface area contributed by atoms with Crippen molar-refractivity contribution in [3.8, 4) is 11.5 Å². The summed E-state index contributed by atoms with van der Waals surface area (Å²) in [6.07, 6.45) is 2.82. The summed E-state index contributed by atoms with van der Waals surface area (Å²) in [5.41, 5.74) is 2.37. The van der Waals surface area contributed by atoms with Gasteiger partial charge in [0.25, 0.3) is 0 Å². The predicted octanol–water partition coefficient (Wildman–Crippen LogP) is 2.90. The number of hydrogen-bond donors (Lipinski definition) is 3. The van der Waals surface area contributed by atoms with Crippen LogP contribution < -0.4 is 14.8 Å². The largest absolute Gasteiger partial charge is 0.493 e. The summed E-state index contributed by atoms with van der Waals surface area (Å²) in [5.74, 6) is 1.30. The van der Waals surface area contributed by atoms with Crippen LogP contribution in [-0.2, 0) is 13.1 Å². The summed E-state index contributed by atoms with van der Waals surface area (Å²) in [4.78, 5) is 3.43. The molecular formula is C24H34N2O4S. The number of likely N-dealkylation sites (tertiary alicyclic amines) is 1. The molecule has 0 amide bonds. The number of nitrogens with zero attached hydrogens (tertiary/aromatic N) is 1. The van der Waals surface area contributed by atoms with Crippen molar-refractivity contribution in [2.75, 3.05) is 39.6 Å². The molecule has 2 aromatic rings. The number of benzene rings is 2. The van der Waals surface area contributed by atoms with Crippen molar-refractivity contribution >= 4 is 11.8 Å². The fraction of sp³-hybridized carbons (Fsp3) is 0.500. The normalized spacial score (nSPS) is 16.3. The monoisotopic (exact) mass is 446 g/mol. The van der Waals surface area contributed by atoms with Crippen LogP contribution in [0.1, 0.15) is 24.0 Å². The number of ether oxygens (including phenoxy) is 2. The van der Waals surface area contributed by atoms with Gasteiger partial charge in [-0.3, -0.25) is 0 Å². The Kier molecular flexibility index (Phi) is 9.49. The summed E-state index contributed by atoms with van der Waals surface area (Å²) >= 11 is 1.75. The molecule has 1 heterocycles. The van der Waals surface area contributed by atoms with E-state index in [9.17, 15) is 10.2 Å². The summed E-state index contributed by atoms with van der Waals surface area (Å²) in [5, 5.41) is 23.4. The lowest BCUT2D eigenvalue weighted by molar-refractivity contribution is 0.0333. The molecule has 0 bridgehead atoms. The van der Waals surface area contributed by atoms with Crippen LogP contribution in [-0.4, -0.2) is 66.9 Å². The van der Waals surface area contributed by atoms with Gasteiger partial charge in [0.05, 0.1) is 13.2 Å². The molecule has 0 aromatic heterocycles. The molecule has 2 aromatic carbocycles. The molecular weight excluding hydrogens is 412 g/mol. The molecule has 1 aliphatic rings. The van der Waals surface area contributed by atoms with E-state index in [4.69, 9.17) is 9.47 Å². The van der Waals surface area contributed by atoms with Crippen LogP contribution in [0.5, 0.6) is 11.5 Å². The zero-order chi connectivity index (χ0) is 22.1. The third-order valence-corrected chi connectivity index (χ3v) is 6.20. The molecule has 1 aliphatic heterocycles. The molecule has 0 saturated carbocycles. The first-order chi connectivity index (χ1) is 15.1. The second-order valence-corrected chi connectivity index (χ2v) is 8.82. The summed E-state index contributed by atoms with van der Waals surface area (Å²) in [6, 6.07) is 14.4. The first-order valence-electron chi connectivity index (χ1n) is 10.8. The number of aliphatic hydroxyl groups is 2. The fourth-order valence-electron chi connectivity index (χ4n) is 3.71. The van der Waals surface area contributed by atoms with E-state index in [0.29, 0.717) is 18.0 Å². The van der Waals surface area contributed by atoms with Crippen molar-refractivity contribution in [2.24, 2.45) is 0 Å². The lowest BCUT2D eigenvalue weighted by atomic mass is 10.1. The molecule has 1 atom stereocenters. The fourth-order valence-corrected chi connectivity index (χ4v) is 4.20. The summed E-state index contributed by atoms with van der Waals surface area (Å²) in [7, 11) is 1.63. The first kappa shape index (κ1) is 23.9. The minimum absolute atomic E-state index is 0.206. The number of piperidine rings is 1. The van der Waals surface area contributed by atoms with Crippen molar-refractivity contribution in [1.29, 1.82) is 0 Å². The summed E-state index contributed by atoms with van der Waals surface area (Å²) < 4.78 is 11.3. The number of methoxy groups -OCH3 is 1. The Labute approximate surface area is 189 Å². The van der Waals surface area contributed by atoms with Crippen LogP contribution in [0.15, 0.2) is 47.4 Å². The Morgan fingerprint density at radius 2 is 1.84 bits per heavy atom. The van der Waals surface area contributed by atoms with Gasteiger partial charge in [0.2, 0.25) is 0 Å². The molecule has 3 N–H and O–H groups in total. The number of rotatable bonds is 11. The number of thioether (sulfide) groups is 1. The molecule has 170 valence electrons. The molecule has 1 saturated heterocycles. The Morgan fingerprint density at radius 3 is 2.55 bits per heavy atom. The van der Waals surface area contributed by atoms with Crippen molar-refractivity contribution in [2.45, 2.75) is 43.0 Å². The molecule has 1 unspecified atom stereocenters. The highest BCUT2D eigenvalue weighted by Crippen LogP contribution is 2.28. The van der Waals surface area contributed by atoms with Crippen molar-refractivity contribution in [3.63, 3.8) is 0 Å². The van der Waals surface area contributed by atoms with E-state index in [2.05, 4.69) is 40.7 Å². The average Bonchev–Trinajstić information content (AvgIpc) is 2.79. The van der Waals surface area contributed by atoms with Crippen molar-refractivity contribution < 1.29 is 19.7 Å². The predicted molar refractivity (Wildman–Crippen MR) is 125 cm³/mol. The van der Waals surface area contributed by atoms with Gasteiger partial charge < -0.3 is 29.9 Å². The Bertz CT molecular complexity index is 812. The highest BCUT2D eigenvalue weighted by molar-refractivity contribution is 7.98. The Hall–Kier alpha value is -1.77. The lowest BCUT2D eigenvalue weighted by Gasteiger charge is -2.30. The molecule has 1 fully saturated rings. The van der Waals surface area contributed by atoms with Gasteiger partial charge in [0.15, 0.2) is 11.5 Å². The third-order valence-electron chi connectivity index (χ3n) is 5.48. The van der Waals surface area contributed by atoms with Gasteiger partial charge in [-0.1, -0.05) is 18.2 Å². The zero-order valence-corrected chi connectivity index (χ0v) is 19.2. The zero-order valence-electron chi connectivity index (χ0n) is 18.4. The summed E-state index contributed by atoms with van der Waals surface area (Å²) in [6.45, 7) is 3.90. The molecule has 0 radical (unpaired) electrons. The van der Waals surface area contributed by atoms with Gasteiger partial charge in [0, 0.05) is 37.6 Å². The quantitative estimate of drug-likeness (QED) is 0.458. The standard InChI is InChI=1S/C24H34N2O4S/c1-29-24-13-19(15-25-14-18-4-3-5-22(12-18)31-2)6-7-23(24)30-17-21(28)16-26-10-8-20(27)9-11-26/h3-7,12-13,20-21,25,27-28H,8-11,14-17H2,1-2H3. The van der Waals surface area contributed by atoms with Crippen LogP contribution in [0.2, 0.25) is 0 Å². The van der Waals surface area contributed by atoms with E-state index < -0.39 is 6.10 Å². The van der Waals surface area contributed by atoms with Gasteiger partial charge in [0.1, 0.15) is 12.7 Å². The number of aliphatic hydroxyl groups excluding tert-OH is 2. The van der Waals surface area contributed by atoms with Gasteiger partial charge in [-0.25, -0.2) is 0 Å². The van der Waals surface area contributed by atoms with E-state index in [1.165, 1.54) is 10.5 Å². The van der Waals surface area contributed by atoms with E-state index >= 15 is 0 Å². The van der Waals surface area contributed by atoms with E-state index in [1.807, 2.05) is 18.2 Å². The minimum atomic E-state index is -0.585. The van der Waals surface area contributed by atoms with E-state index in [-0.39, 0.29) is 12.7 Å². The highest BCUT2D eigenvalue weighted by Gasteiger charge is 2.20. The number of nitrogens with one attached hydrogen (secondary N) is 1. The molecule has 31 heavy (non-hydrogen) atoms. The van der Waals surface area contributed by atoms with Gasteiger partial charge in [-0.05, 0) is 54.5 Å². The maximum absolute atomic E-state index is 10.3. The number of hydrogen-bond acceptors (Lipinski definition) is 7. The molecule has 7 heteroatoms. The topological polar surface area (TPSA) is 74.2 Å². The molecule has 0 spiro atoms. The Balaban J connectivity index is 1.46. The second kappa shape index (κ2) is 12.3. The molecule has 3 rings (SSSR count). The third kappa shape index (κ3) is 7.70. The van der Waals surface area contributed by atoms with Crippen LogP contribution in [0.4, 0.5) is 0 Å². The van der Waals surface area contributed by atoms with Crippen molar-refractivity contribution in [3.05, 3.63) is 53.6 Å². The average molecular weight is 447 g/mol. The Morgan fingerprint density at radius 1 is 1.10 bits per heavy atom. The molecule has 0 aliphatic carbocycles. The molecule has 6 nitrogen and oxygen atoms in total. The maximum atomic E-state index is 10.3. The number of β-amino-alcohol motifs (C(OH)–C–C–N with tert-alkyl or cyclic N) is 1. The second-order valence-electron chi connectivity index (χ2n) is 7.94. The maximum Gasteiger partial charge on any atom is 0.161 e. The SMILES string of the molecule is COc1cc(CNCc2cccc(SC)c2)ccc1OCC(O)CN1CCC(O)CC1. The smallest absolute Gasteiger partial charge is 0.161 e. The highest BCUT2D eigenvalue weighted by atomic mass is 32.2. The van der Waals surface area contributed by atoms with Crippen LogP contribution in [0.3, 0.4) is 0 Å². The lowest BCUT2D eigenvalue weighted by Crippen LogP contribution is -2.41. The van der Waals surface area contributed by atoms with Gasteiger partial charge in [-0.15, -0.1) is 11.8 Å². The minimum Gasteiger partial charge on any atom is -0.493 e. The van der Waals surface area contributed by atoms with Crippen molar-refractivity contribution in [1.82, 2.24) is 10.2 Å². The van der Waals surface area contributed by atoms with Gasteiger partial charge >= 0.3 is 0 Å². The van der Waals surface area contributed by atoms with Crippen LogP contribution >= 0.6 is 11.8 Å². The first-order valence-corrected chi connectivity index (χ1v) is 12.0. The van der Waals surface area contributed by atoms with Gasteiger partial charge in [-0.2, -0.15) is 0 Å². The van der Waals surface area contributed by atoms with Crippen LogP contribution in [0, 0.1) is 0 Å². The van der Waals surface area contributed by atoms with E-state index in [0.717, 1.165) is 44.6 Å². The van der Waals surface area contributed by atoms with E-state index in [1.54, 1.807) is 18.9 Å².